The van der Waals surface area contributed by atoms with Gasteiger partial charge in [0.2, 0.25) is 11.0 Å². The fourth-order valence-electron chi connectivity index (χ4n) is 2.90. The Kier molecular flexibility index (Phi) is 5.13. The number of hydrogen-bond acceptors (Lipinski definition) is 6. The zero-order valence-corrected chi connectivity index (χ0v) is 15.7. The van der Waals surface area contributed by atoms with Crippen molar-refractivity contribution in [3.05, 3.63) is 40.4 Å². The van der Waals surface area contributed by atoms with Crippen LogP contribution in [0.15, 0.2) is 24.3 Å². The lowest BCUT2D eigenvalue weighted by Crippen LogP contribution is -2.47. The van der Waals surface area contributed by atoms with Crippen LogP contribution in [-0.4, -0.2) is 38.9 Å². The van der Waals surface area contributed by atoms with Crippen LogP contribution in [0.25, 0.3) is 0 Å². The molecule has 0 spiro atoms. The van der Waals surface area contributed by atoms with Crippen LogP contribution in [0.1, 0.15) is 52.9 Å². The third-order valence-corrected chi connectivity index (χ3v) is 5.12. The summed E-state index contributed by atoms with van der Waals surface area (Å²) in [5.74, 6) is -1.17. The second-order valence-corrected chi connectivity index (χ2v) is 7.58. The molecule has 3 amide bonds. The van der Waals surface area contributed by atoms with Crippen LogP contribution in [0.3, 0.4) is 0 Å². The largest absolute Gasteiger partial charge is 0.299 e. The Morgan fingerprint density at radius 1 is 1.15 bits per heavy atom. The molecule has 1 N–H and O–H groups in total. The number of fused-ring (bicyclic) bond motifs is 1. The molecule has 0 fully saturated rings. The predicted octanol–water partition coefficient (Wildman–Crippen LogP) is 2.75. The molecular weight excluding hydrogens is 352 g/mol. The number of rotatable bonds is 6. The number of aromatic nitrogens is 2. The maximum absolute atomic E-state index is 12.9. The number of benzene rings is 1. The summed E-state index contributed by atoms with van der Waals surface area (Å²) in [6, 6.07) is 5.74. The average Bonchev–Trinajstić information content (AvgIpc) is 3.16. The molecular formula is C18H20N4O3S. The van der Waals surface area contributed by atoms with E-state index < -0.39 is 23.8 Å². The quantitative estimate of drug-likeness (QED) is 0.787. The molecule has 26 heavy (non-hydrogen) atoms. The molecule has 0 aliphatic carbocycles. The number of amides is 3. The van der Waals surface area contributed by atoms with E-state index >= 15 is 0 Å². The van der Waals surface area contributed by atoms with Gasteiger partial charge >= 0.3 is 0 Å². The number of carbonyl (C=O) groups is 3. The van der Waals surface area contributed by atoms with E-state index in [1.807, 2.05) is 20.8 Å². The molecule has 2 heterocycles. The molecule has 0 radical (unpaired) electrons. The van der Waals surface area contributed by atoms with Crippen molar-refractivity contribution < 1.29 is 14.4 Å². The lowest BCUT2D eigenvalue weighted by molar-refractivity contribution is -0.120. The van der Waals surface area contributed by atoms with Crippen molar-refractivity contribution >= 4 is 34.2 Å². The first-order valence-corrected chi connectivity index (χ1v) is 9.34. The van der Waals surface area contributed by atoms with Gasteiger partial charge in [-0.2, -0.15) is 0 Å². The molecule has 3 rings (SSSR count). The zero-order chi connectivity index (χ0) is 18.8. The van der Waals surface area contributed by atoms with E-state index in [1.54, 1.807) is 24.3 Å². The Bertz CT molecular complexity index is 827. The fraction of sp³-hybridized carbons (Fsp3) is 0.389. The van der Waals surface area contributed by atoms with E-state index in [0.29, 0.717) is 22.7 Å². The molecule has 136 valence electrons. The molecule has 1 aromatic carbocycles. The summed E-state index contributed by atoms with van der Waals surface area (Å²) in [4.78, 5) is 39.4. The van der Waals surface area contributed by atoms with Crippen LogP contribution >= 0.6 is 11.3 Å². The standard InChI is InChI=1S/C18H20N4O3S/c1-4-14-20-21-18(26-14)19-15(23)13(9-10(2)3)22-16(24)11-7-5-6-8-12(11)17(22)25/h5-8,10,13H,4,9H2,1-3H3,(H,19,21,23)/t13-/m0/s1. The third kappa shape index (κ3) is 3.37. The molecule has 0 unspecified atom stereocenters. The van der Waals surface area contributed by atoms with Gasteiger partial charge in [0.1, 0.15) is 11.0 Å². The van der Waals surface area contributed by atoms with Gasteiger partial charge in [0.25, 0.3) is 11.8 Å². The van der Waals surface area contributed by atoms with Crippen molar-refractivity contribution in [1.82, 2.24) is 15.1 Å². The van der Waals surface area contributed by atoms with Gasteiger partial charge in [-0.25, -0.2) is 0 Å². The summed E-state index contributed by atoms with van der Waals surface area (Å²) in [7, 11) is 0. The molecule has 1 aromatic heterocycles. The number of carbonyl (C=O) groups excluding carboxylic acids is 3. The van der Waals surface area contributed by atoms with Crippen LogP contribution in [0.5, 0.6) is 0 Å². The van der Waals surface area contributed by atoms with Crippen molar-refractivity contribution in [2.45, 2.75) is 39.7 Å². The summed E-state index contributed by atoms with van der Waals surface area (Å²) in [5, 5.41) is 11.8. The highest BCUT2D eigenvalue weighted by Crippen LogP contribution is 2.28. The molecule has 1 aliphatic heterocycles. The van der Waals surface area contributed by atoms with E-state index in [0.717, 1.165) is 16.3 Å². The highest BCUT2D eigenvalue weighted by Gasteiger charge is 2.42. The van der Waals surface area contributed by atoms with Gasteiger partial charge in [-0.05, 0) is 30.9 Å². The molecule has 7 nitrogen and oxygen atoms in total. The molecule has 0 saturated heterocycles. The molecule has 1 atom stereocenters. The number of nitrogens with zero attached hydrogens (tertiary/aromatic N) is 3. The van der Waals surface area contributed by atoms with Crippen molar-refractivity contribution in [2.75, 3.05) is 5.32 Å². The second-order valence-electron chi connectivity index (χ2n) is 6.51. The molecule has 0 bridgehead atoms. The third-order valence-electron chi connectivity index (χ3n) is 4.13. The minimum atomic E-state index is -0.892. The monoisotopic (exact) mass is 372 g/mol. The fourth-order valence-corrected chi connectivity index (χ4v) is 3.59. The second kappa shape index (κ2) is 7.33. The highest BCUT2D eigenvalue weighted by atomic mass is 32.1. The maximum Gasteiger partial charge on any atom is 0.262 e. The molecule has 2 aromatic rings. The predicted molar refractivity (Wildman–Crippen MR) is 98.1 cm³/mol. The smallest absolute Gasteiger partial charge is 0.262 e. The van der Waals surface area contributed by atoms with Crippen molar-refractivity contribution in [2.24, 2.45) is 5.92 Å². The lowest BCUT2D eigenvalue weighted by Gasteiger charge is -2.26. The SMILES string of the molecule is CCc1nnc(NC(=O)[C@H](CC(C)C)N2C(=O)c3ccccc3C2=O)s1. The van der Waals surface area contributed by atoms with Gasteiger partial charge in [-0.15, -0.1) is 10.2 Å². The first-order valence-electron chi connectivity index (χ1n) is 8.52. The van der Waals surface area contributed by atoms with Crippen LogP contribution in [-0.2, 0) is 11.2 Å². The number of imide groups is 1. The van der Waals surface area contributed by atoms with E-state index in [-0.39, 0.29) is 5.92 Å². The van der Waals surface area contributed by atoms with Gasteiger partial charge in [-0.1, -0.05) is 44.2 Å². The van der Waals surface area contributed by atoms with E-state index in [4.69, 9.17) is 0 Å². The molecule has 8 heteroatoms. The Labute approximate surface area is 155 Å². The van der Waals surface area contributed by atoms with Crippen molar-refractivity contribution in [3.8, 4) is 0 Å². The summed E-state index contributed by atoms with van der Waals surface area (Å²) in [6.07, 6.45) is 1.10. The topological polar surface area (TPSA) is 92.3 Å². The summed E-state index contributed by atoms with van der Waals surface area (Å²) in [5.41, 5.74) is 0.673. The minimum Gasteiger partial charge on any atom is -0.299 e. The Hall–Kier alpha value is -2.61. The van der Waals surface area contributed by atoms with Crippen LogP contribution in [0.2, 0.25) is 0 Å². The minimum absolute atomic E-state index is 0.121. The van der Waals surface area contributed by atoms with E-state index in [9.17, 15) is 14.4 Å². The number of hydrogen-bond donors (Lipinski definition) is 1. The summed E-state index contributed by atoms with van der Waals surface area (Å²) in [6.45, 7) is 5.84. The van der Waals surface area contributed by atoms with Crippen LogP contribution in [0, 0.1) is 5.92 Å². The Balaban J connectivity index is 1.87. The average molecular weight is 372 g/mol. The summed E-state index contributed by atoms with van der Waals surface area (Å²) >= 11 is 1.29. The number of nitrogens with one attached hydrogen (secondary N) is 1. The highest BCUT2D eigenvalue weighted by molar-refractivity contribution is 7.15. The van der Waals surface area contributed by atoms with E-state index in [1.165, 1.54) is 11.3 Å². The van der Waals surface area contributed by atoms with Crippen LogP contribution in [0.4, 0.5) is 5.13 Å². The normalized spacial score (nSPS) is 14.7. The first-order chi connectivity index (χ1) is 12.4. The van der Waals surface area contributed by atoms with Gasteiger partial charge in [0.15, 0.2) is 0 Å². The van der Waals surface area contributed by atoms with Crippen LogP contribution < -0.4 is 5.32 Å². The maximum atomic E-state index is 12.9. The van der Waals surface area contributed by atoms with E-state index in [2.05, 4.69) is 15.5 Å². The first kappa shape index (κ1) is 18.2. The Morgan fingerprint density at radius 3 is 2.27 bits per heavy atom. The molecule has 0 saturated carbocycles. The van der Waals surface area contributed by atoms with Crippen molar-refractivity contribution in [1.29, 1.82) is 0 Å². The van der Waals surface area contributed by atoms with Gasteiger partial charge in [-0.3, -0.25) is 24.6 Å². The number of aryl methyl sites for hydroxylation is 1. The van der Waals surface area contributed by atoms with Gasteiger partial charge in [0.05, 0.1) is 11.1 Å². The van der Waals surface area contributed by atoms with Gasteiger partial charge < -0.3 is 0 Å². The van der Waals surface area contributed by atoms with Gasteiger partial charge in [0, 0.05) is 0 Å². The summed E-state index contributed by atoms with van der Waals surface area (Å²) < 4.78 is 0. The number of anilines is 1. The van der Waals surface area contributed by atoms with Crippen molar-refractivity contribution in [3.63, 3.8) is 0 Å². The zero-order valence-electron chi connectivity index (χ0n) is 14.9. The Morgan fingerprint density at radius 2 is 1.77 bits per heavy atom. The lowest BCUT2D eigenvalue weighted by atomic mass is 10.0. The molecule has 1 aliphatic rings.